The molecular weight excluding hydrogens is 250 g/mol. The largest absolute Gasteiger partial charge is 0.378 e. The summed E-state index contributed by atoms with van der Waals surface area (Å²) in [6, 6.07) is 8.02. The summed E-state index contributed by atoms with van der Waals surface area (Å²) in [5.41, 5.74) is 4.42. The van der Waals surface area contributed by atoms with E-state index >= 15 is 0 Å². The zero-order valence-electron chi connectivity index (χ0n) is 12.3. The van der Waals surface area contributed by atoms with Crippen LogP contribution in [0.2, 0.25) is 0 Å². The molecule has 0 fully saturated rings. The number of carbonyl (C=O) groups excluding carboxylic acids is 1. The van der Waals surface area contributed by atoms with Gasteiger partial charge in [0.2, 0.25) is 0 Å². The molecule has 0 saturated carbocycles. The summed E-state index contributed by atoms with van der Waals surface area (Å²) in [5.74, 6) is -0.00749. The molecule has 0 aromatic heterocycles. The molecule has 0 heterocycles. The third-order valence-electron chi connectivity index (χ3n) is 3.32. The van der Waals surface area contributed by atoms with Crippen molar-refractivity contribution in [1.29, 1.82) is 0 Å². The number of anilines is 1. The van der Waals surface area contributed by atoms with Crippen molar-refractivity contribution in [1.82, 2.24) is 0 Å². The molecule has 2 rings (SSSR count). The lowest BCUT2D eigenvalue weighted by molar-refractivity contribution is -0.109. The Morgan fingerprint density at radius 3 is 2.30 bits per heavy atom. The van der Waals surface area contributed by atoms with E-state index in [0.29, 0.717) is 12.1 Å². The second-order valence-corrected chi connectivity index (χ2v) is 5.01. The Bertz CT molecular complexity index is 607. The van der Waals surface area contributed by atoms with Gasteiger partial charge in [0, 0.05) is 33.3 Å². The fraction of sp³-hybridized carbons (Fsp3) is 0.312. The zero-order chi connectivity index (χ0) is 14.7. The fourth-order valence-electron chi connectivity index (χ4n) is 2.05. The third kappa shape index (κ3) is 3.02. The quantitative estimate of drug-likeness (QED) is 0.828. The molecule has 4 nitrogen and oxygen atoms in total. The molecule has 0 bridgehead atoms. The van der Waals surface area contributed by atoms with E-state index < -0.39 is 0 Å². The molecule has 0 spiro atoms. The van der Waals surface area contributed by atoms with Crippen LogP contribution in [0, 0.1) is 0 Å². The van der Waals surface area contributed by atoms with E-state index in [4.69, 9.17) is 0 Å². The summed E-state index contributed by atoms with van der Waals surface area (Å²) in [6.07, 6.45) is 2.12. The summed E-state index contributed by atoms with van der Waals surface area (Å²) >= 11 is 0. The first-order valence-electron chi connectivity index (χ1n) is 6.55. The molecule has 0 radical (unpaired) electrons. The lowest BCUT2D eigenvalue weighted by Gasteiger charge is -2.14. The van der Waals surface area contributed by atoms with Crippen molar-refractivity contribution >= 4 is 28.6 Å². The Morgan fingerprint density at radius 2 is 1.75 bits per heavy atom. The van der Waals surface area contributed by atoms with Gasteiger partial charge in [-0.25, -0.2) is 0 Å². The minimum Gasteiger partial charge on any atom is -0.378 e. The number of rotatable bonds is 2. The first-order valence-corrected chi connectivity index (χ1v) is 6.55. The van der Waals surface area contributed by atoms with Crippen LogP contribution in [-0.4, -0.2) is 38.3 Å². The maximum Gasteiger partial charge on any atom is 0.200 e. The lowest BCUT2D eigenvalue weighted by atomic mass is 9.95. The van der Waals surface area contributed by atoms with Crippen LogP contribution in [-0.2, 0) is 4.79 Å². The van der Waals surface area contributed by atoms with Crippen LogP contribution < -0.4 is 4.90 Å². The first kappa shape index (κ1) is 14.2. The highest BCUT2D eigenvalue weighted by Crippen LogP contribution is 2.21. The van der Waals surface area contributed by atoms with E-state index in [0.717, 1.165) is 22.7 Å². The van der Waals surface area contributed by atoms with E-state index in [9.17, 15) is 4.79 Å². The standard InChI is InChI=1S/C16H19N3O/c1-11-9-16(20)15(17-2)10-14(11)18-12-5-7-13(8-6-12)19(3)4/h5-9H,10H2,1-4H3. The highest BCUT2D eigenvalue weighted by atomic mass is 16.1. The van der Waals surface area contributed by atoms with Gasteiger partial charge in [0.1, 0.15) is 0 Å². The van der Waals surface area contributed by atoms with Crippen LogP contribution in [0.25, 0.3) is 0 Å². The van der Waals surface area contributed by atoms with Gasteiger partial charge in [-0.3, -0.25) is 14.8 Å². The van der Waals surface area contributed by atoms with Crippen LogP contribution in [0.3, 0.4) is 0 Å². The first-order chi connectivity index (χ1) is 9.51. The van der Waals surface area contributed by atoms with Crippen molar-refractivity contribution in [3.05, 3.63) is 35.9 Å². The summed E-state index contributed by atoms with van der Waals surface area (Å²) in [5, 5.41) is 0. The summed E-state index contributed by atoms with van der Waals surface area (Å²) in [4.78, 5) is 22.4. The third-order valence-corrected chi connectivity index (χ3v) is 3.32. The molecule has 0 amide bonds. The van der Waals surface area contributed by atoms with Gasteiger partial charge in [-0.15, -0.1) is 0 Å². The number of hydrogen-bond acceptors (Lipinski definition) is 4. The summed E-state index contributed by atoms with van der Waals surface area (Å²) in [6.45, 7) is 1.91. The summed E-state index contributed by atoms with van der Waals surface area (Å²) < 4.78 is 0. The SMILES string of the molecule is CN=C1CC(=Nc2ccc(N(C)C)cc2)C(C)=CC1=O. The smallest absolute Gasteiger partial charge is 0.200 e. The number of aliphatic imine (C=N–C) groups is 2. The molecule has 0 saturated heterocycles. The highest BCUT2D eigenvalue weighted by Gasteiger charge is 2.19. The van der Waals surface area contributed by atoms with Crippen LogP contribution in [0.15, 0.2) is 45.9 Å². The predicted molar refractivity (Wildman–Crippen MR) is 84.6 cm³/mol. The molecule has 104 valence electrons. The van der Waals surface area contributed by atoms with Gasteiger partial charge in [0.05, 0.1) is 17.1 Å². The minimum absolute atomic E-state index is 0.00749. The molecule has 1 aromatic rings. The van der Waals surface area contributed by atoms with Gasteiger partial charge in [-0.2, -0.15) is 0 Å². The lowest BCUT2D eigenvalue weighted by Crippen LogP contribution is -2.23. The number of nitrogens with zero attached hydrogens (tertiary/aromatic N) is 3. The molecule has 0 unspecified atom stereocenters. The van der Waals surface area contributed by atoms with E-state index in [1.54, 1.807) is 13.1 Å². The van der Waals surface area contributed by atoms with Gasteiger partial charge in [0.25, 0.3) is 0 Å². The van der Waals surface area contributed by atoms with E-state index in [1.165, 1.54) is 0 Å². The van der Waals surface area contributed by atoms with Crippen molar-refractivity contribution in [3.63, 3.8) is 0 Å². The van der Waals surface area contributed by atoms with Crippen molar-refractivity contribution in [2.45, 2.75) is 13.3 Å². The average Bonchev–Trinajstić information content (AvgIpc) is 2.42. The number of benzene rings is 1. The molecule has 0 atom stereocenters. The Hall–Kier alpha value is -2.23. The van der Waals surface area contributed by atoms with Crippen LogP contribution in [0.1, 0.15) is 13.3 Å². The maximum atomic E-state index is 11.7. The molecular formula is C16H19N3O. The Morgan fingerprint density at radius 1 is 1.10 bits per heavy atom. The van der Waals surface area contributed by atoms with Crippen LogP contribution >= 0.6 is 0 Å². The Labute approximate surface area is 119 Å². The Kier molecular flexibility index (Phi) is 4.13. The molecule has 1 aliphatic rings. The summed E-state index contributed by atoms with van der Waals surface area (Å²) in [7, 11) is 5.65. The van der Waals surface area contributed by atoms with Crippen molar-refractivity contribution in [2.24, 2.45) is 9.98 Å². The second kappa shape index (κ2) is 5.82. The van der Waals surface area contributed by atoms with Gasteiger partial charge >= 0.3 is 0 Å². The van der Waals surface area contributed by atoms with E-state index in [1.807, 2.05) is 50.2 Å². The number of hydrogen-bond donors (Lipinski definition) is 0. The number of ketones is 1. The average molecular weight is 269 g/mol. The maximum absolute atomic E-state index is 11.7. The van der Waals surface area contributed by atoms with E-state index in [-0.39, 0.29) is 5.78 Å². The molecule has 1 aliphatic carbocycles. The Balaban J connectivity index is 2.30. The topological polar surface area (TPSA) is 45.0 Å². The minimum atomic E-state index is -0.00749. The monoisotopic (exact) mass is 269 g/mol. The van der Waals surface area contributed by atoms with Crippen LogP contribution in [0.4, 0.5) is 11.4 Å². The number of carbonyl (C=O) groups is 1. The van der Waals surface area contributed by atoms with Crippen molar-refractivity contribution < 1.29 is 4.79 Å². The fourth-order valence-corrected chi connectivity index (χ4v) is 2.05. The zero-order valence-corrected chi connectivity index (χ0v) is 12.3. The van der Waals surface area contributed by atoms with Gasteiger partial charge < -0.3 is 4.90 Å². The van der Waals surface area contributed by atoms with Gasteiger partial charge in [0.15, 0.2) is 5.78 Å². The van der Waals surface area contributed by atoms with E-state index in [2.05, 4.69) is 9.98 Å². The molecule has 0 aliphatic heterocycles. The number of allylic oxidation sites excluding steroid dienone is 2. The van der Waals surface area contributed by atoms with Gasteiger partial charge in [-0.05, 0) is 42.8 Å². The van der Waals surface area contributed by atoms with Crippen molar-refractivity contribution in [2.75, 3.05) is 26.0 Å². The highest BCUT2D eigenvalue weighted by molar-refractivity contribution is 6.50. The molecule has 0 N–H and O–H groups in total. The van der Waals surface area contributed by atoms with Crippen LogP contribution in [0.5, 0.6) is 0 Å². The molecule has 20 heavy (non-hydrogen) atoms. The van der Waals surface area contributed by atoms with Gasteiger partial charge in [-0.1, -0.05) is 0 Å². The molecule has 1 aromatic carbocycles. The molecule has 4 heteroatoms. The second-order valence-electron chi connectivity index (χ2n) is 5.01. The predicted octanol–water partition coefficient (Wildman–Crippen LogP) is 2.82. The van der Waals surface area contributed by atoms with Crippen molar-refractivity contribution in [3.8, 4) is 0 Å². The normalized spacial score (nSPS) is 19.4.